The Morgan fingerprint density at radius 3 is 2.57 bits per heavy atom. The van der Waals surface area contributed by atoms with Crippen molar-refractivity contribution in [3.8, 4) is 5.88 Å². The lowest BCUT2D eigenvalue weighted by molar-refractivity contribution is 0.201. The lowest BCUT2D eigenvalue weighted by Gasteiger charge is -2.27. The summed E-state index contributed by atoms with van der Waals surface area (Å²) in [4.78, 5) is 11.1. The van der Waals surface area contributed by atoms with Crippen LogP contribution in [0.5, 0.6) is 5.88 Å². The van der Waals surface area contributed by atoms with Gasteiger partial charge in [-0.2, -0.15) is 0 Å². The van der Waals surface area contributed by atoms with Crippen LogP contribution in [-0.4, -0.2) is 35.0 Å². The molecule has 0 atom stereocenters. The van der Waals surface area contributed by atoms with Crippen LogP contribution in [0.25, 0.3) is 0 Å². The number of guanidine groups is 1. The third kappa shape index (κ3) is 5.51. The van der Waals surface area contributed by atoms with Gasteiger partial charge in [0.25, 0.3) is 0 Å². The Kier molecular flexibility index (Phi) is 7.39. The van der Waals surface area contributed by atoms with Crippen molar-refractivity contribution in [3.63, 3.8) is 0 Å². The highest BCUT2D eigenvalue weighted by Crippen LogP contribution is 2.22. The number of nitrogens with zero attached hydrogens (tertiary/aromatic N) is 3. The predicted octanol–water partition coefficient (Wildman–Crippen LogP) is 3.32. The molecule has 0 bridgehead atoms. The van der Waals surface area contributed by atoms with Gasteiger partial charge in [0.2, 0.25) is 5.88 Å². The van der Waals surface area contributed by atoms with Crippen molar-refractivity contribution < 1.29 is 4.74 Å². The van der Waals surface area contributed by atoms with E-state index in [0.29, 0.717) is 18.6 Å². The fraction of sp³-hybridized carbons (Fsp3) is 0.647. The molecule has 0 aromatic carbocycles. The van der Waals surface area contributed by atoms with Gasteiger partial charge in [-0.1, -0.05) is 6.07 Å². The second-order valence-electron chi connectivity index (χ2n) is 6.25. The summed E-state index contributed by atoms with van der Waals surface area (Å²) in [5, 5.41) is 0. The first-order valence-electron chi connectivity index (χ1n) is 8.48. The van der Waals surface area contributed by atoms with Crippen molar-refractivity contribution in [1.82, 2.24) is 9.88 Å². The number of piperidine rings is 1. The summed E-state index contributed by atoms with van der Waals surface area (Å²) in [6.45, 7) is 2.64. The number of hydrogen-bond acceptors (Lipinski definition) is 3. The number of ether oxygens (including phenoxy) is 1. The zero-order valence-electron chi connectivity index (χ0n) is 13.6. The molecule has 6 heteroatoms. The Morgan fingerprint density at radius 1 is 1.17 bits per heavy atom. The molecule has 2 fully saturated rings. The fourth-order valence-corrected chi connectivity index (χ4v) is 3.15. The quantitative estimate of drug-likeness (QED) is 0.452. The maximum absolute atomic E-state index is 6.07. The summed E-state index contributed by atoms with van der Waals surface area (Å²) in [5.74, 6) is 1.38. The monoisotopic (exact) mass is 430 g/mol. The van der Waals surface area contributed by atoms with E-state index in [4.69, 9.17) is 10.5 Å². The molecule has 23 heavy (non-hydrogen) atoms. The zero-order valence-corrected chi connectivity index (χ0v) is 15.9. The molecule has 128 valence electrons. The first-order valence-corrected chi connectivity index (χ1v) is 8.48. The highest BCUT2D eigenvalue weighted by atomic mass is 127. The lowest BCUT2D eigenvalue weighted by atomic mass is 10.1. The Balaban J connectivity index is 0.00000192. The van der Waals surface area contributed by atoms with Crippen LogP contribution in [0.1, 0.15) is 50.5 Å². The number of hydrogen-bond donors (Lipinski definition) is 1. The smallest absolute Gasteiger partial charge is 0.213 e. The van der Waals surface area contributed by atoms with E-state index >= 15 is 0 Å². The van der Waals surface area contributed by atoms with Crippen LogP contribution >= 0.6 is 24.0 Å². The molecule has 1 aliphatic heterocycles. The molecule has 0 spiro atoms. The van der Waals surface area contributed by atoms with Crippen LogP contribution in [0.4, 0.5) is 0 Å². The van der Waals surface area contributed by atoms with Crippen LogP contribution in [0.15, 0.2) is 23.3 Å². The van der Waals surface area contributed by atoms with Crippen molar-refractivity contribution in [2.75, 3.05) is 13.1 Å². The van der Waals surface area contributed by atoms with Crippen molar-refractivity contribution in [2.24, 2.45) is 10.7 Å². The van der Waals surface area contributed by atoms with Gasteiger partial charge in [0.1, 0.15) is 6.10 Å². The van der Waals surface area contributed by atoms with Gasteiger partial charge in [-0.3, -0.25) is 0 Å². The van der Waals surface area contributed by atoms with Crippen LogP contribution in [0.2, 0.25) is 0 Å². The molecule has 1 aliphatic carbocycles. The van der Waals surface area contributed by atoms with Gasteiger partial charge in [0.15, 0.2) is 5.96 Å². The topological polar surface area (TPSA) is 63.7 Å². The third-order valence-corrected chi connectivity index (χ3v) is 4.49. The fourth-order valence-electron chi connectivity index (χ4n) is 3.15. The van der Waals surface area contributed by atoms with Gasteiger partial charge in [0.05, 0.1) is 6.54 Å². The molecule has 1 saturated carbocycles. The minimum atomic E-state index is 0. The number of nitrogens with two attached hydrogens (primary N) is 1. The third-order valence-electron chi connectivity index (χ3n) is 4.49. The summed E-state index contributed by atoms with van der Waals surface area (Å²) in [7, 11) is 0. The molecular formula is C17H27IN4O. The Bertz CT molecular complexity index is 494. The van der Waals surface area contributed by atoms with E-state index in [-0.39, 0.29) is 24.0 Å². The van der Waals surface area contributed by atoms with E-state index in [1.165, 1.54) is 32.1 Å². The van der Waals surface area contributed by atoms with Crippen LogP contribution < -0.4 is 10.5 Å². The summed E-state index contributed by atoms with van der Waals surface area (Å²) < 4.78 is 5.87. The SMILES string of the molecule is I.NC(=NCc1ccc(OC2CCCC2)nc1)N1CCCCC1. The largest absolute Gasteiger partial charge is 0.474 e. The number of aromatic nitrogens is 1. The molecule has 0 amide bonds. The second kappa shape index (κ2) is 9.30. The zero-order chi connectivity index (χ0) is 15.2. The number of halogens is 1. The van der Waals surface area contributed by atoms with Crippen molar-refractivity contribution in [2.45, 2.75) is 57.6 Å². The van der Waals surface area contributed by atoms with Gasteiger partial charge in [-0.05, 0) is 50.5 Å². The van der Waals surface area contributed by atoms with Gasteiger partial charge in [-0.15, -0.1) is 24.0 Å². The molecular weight excluding hydrogens is 403 g/mol. The normalized spacial score (nSPS) is 19.5. The molecule has 1 aromatic heterocycles. The predicted molar refractivity (Wildman–Crippen MR) is 103 cm³/mol. The van der Waals surface area contributed by atoms with Gasteiger partial charge >= 0.3 is 0 Å². The molecule has 1 saturated heterocycles. The Labute approximate surface area is 155 Å². The molecule has 2 N–H and O–H groups in total. The minimum Gasteiger partial charge on any atom is -0.474 e. The van der Waals surface area contributed by atoms with E-state index < -0.39 is 0 Å². The van der Waals surface area contributed by atoms with Crippen molar-refractivity contribution in [3.05, 3.63) is 23.9 Å². The van der Waals surface area contributed by atoms with Crippen LogP contribution in [0.3, 0.4) is 0 Å². The molecule has 1 aromatic rings. The van der Waals surface area contributed by atoms with Gasteiger partial charge in [-0.25, -0.2) is 9.98 Å². The van der Waals surface area contributed by atoms with Crippen molar-refractivity contribution >= 4 is 29.9 Å². The molecule has 5 nitrogen and oxygen atoms in total. The maximum atomic E-state index is 6.07. The number of pyridine rings is 1. The maximum Gasteiger partial charge on any atom is 0.213 e. The molecule has 2 aliphatic rings. The molecule has 3 rings (SSSR count). The molecule has 0 unspecified atom stereocenters. The van der Waals surface area contributed by atoms with E-state index in [9.17, 15) is 0 Å². The first-order chi connectivity index (χ1) is 10.8. The first kappa shape index (κ1) is 18.3. The van der Waals surface area contributed by atoms with Gasteiger partial charge in [0, 0.05) is 25.4 Å². The molecule has 2 heterocycles. The number of rotatable bonds is 4. The highest BCUT2D eigenvalue weighted by molar-refractivity contribution is 14.0. The van der Waals surface area contributed by atoms with Crippen LogP contribution in [0, 0.1) is 0 Å². The van der Waals surface area contributed by atoms with E-state index in [1.807, 2.05) is 18.3 Å². The number of aliphatic imine (C=N–C) groups is 1. The van der Waals surface area contributed by atoms with Crippen molar-refractivity contribution in [1.29, 1.82) is 0 Å². The summed E-state index contributed by atoms with van der Waals surface area (Å²) >= 11 is 0. The summed E-state index contributed by atoms with van der Waals surface area (Å²) in [5.41, 5.74) is 7.13. The minimum absolute atomic E-state index is 0. The van der Waals surface area contributed by atoms with E-state index in [1.54, 1.807) is 0 Å². The Hall–Kier alpha value is -1.05. The van der Waals surface area contributed by atoms with E-state index in [2.05, 4.69) is 14.9 Å². The Morgan fingerprint density at radius 2 is 1.91 bits per heavy atom. The standard InChI is InChI=1S/C17H26N4O.HI/c18-17(21-10-4-1-5-11-21)20-13-14-8-9-16(19-12-14)22-15-6-2-3-7-15;/h8-9,12,15H,1-7,10-11,13H2,(H2,18,20);1H. The summed E-state index contributed by atoms with van der Waals surface area (Å²) in [6, 6.07) is 3.98. The van der Waals surface area contributed by atoms with Crippen LogP contribution in [-0.2, 0) is 6.54 Å². The highest BCUT2D eigenvalue weighted by Gasteiger charge is 2.16. The van der Waals surface area contributed by atoms with E-state index in [0.717, 1.165) is 37.4 Å². The lowest BCUT2D eigenvalue weighted by Crippen LogP contribution is -2.40. The number of likely N-dealkylation sites (tertiary alicyclic amines) is 1. The second-order valence-corrected chi connectivity index (χ2v) is 6.25. The summed E-state index contributed by atoms with van der Waals surface area (Å²) in [6.07, 6.45) is 10.8. The average molecular weight is 430 g/mol. The molecule has 0 radical (unpaired) electrons. The average Bonchev–Trinajstić information content (AvgIpc) is 3.08. The van der Waals surface area contributed by atoms with Gasteiger partial charge < -0.3 is 15.4 Å².